The Morgan fingerprint density at radius 3 is 2.76 bits per heavy atom. The highest BCUT2D eigenvalue weighted by Crippen LogP contribution is 2.37. The highest BCUT2D eigenvalue weighted by Gasteiger charge is 2.36. The van der Waals surface area contributed by atoms with Gasteiger partial charge in [0.2, 0.25) is 0 Å². The first kappa shape index (κ1) is 28.4. The molecule has 1 aromatic heterocycles. The van der Waals surface area contributed by atoms with E-state index in [-0.39, 0.29) is 6.42 Å². The van der Waals surface area contributed by atoms with Crippen molar-refractivity contribution in [2.75, 3.05) is 56.2 Å². The number of aromatic nitrogens is 2. The number of carbonyl (C=O) groups is 1. The predicted molar refractivity (Wildman–Crippen MR) is 159 cm³/mol. The molecular formula is C32H40FN7O2. The predicted octanol–water partition coefficient (Wildman–Crippen LogP) is 3.67. The SMILES string of the molecule is C=C(F)C(=O)N1CCN(c2nc(OC[C@@H]3CCCN3C)nc3c2CCC(N2CCCc4ccccc42)C3)C[C@@H]1CC#N. The van der Waals surface area contributed by atoms with Crippen LogP contribution >= 0.6 is 0 Å². The van der Waals surface area contributed by atoms with Crippen LogP contribution in [0.5, 0.6) is 6.01 Å². The number of likely N-dealkylation sites (N-methyl/N-ethyl adjacent to an activating group) is 1. The monoisotopic (exact) mass is 573 g/mol. The molecule has 3 aliphatic heterocycles. The van der Waals surface area contributed by atoms with E-state index >= 15 is 0 Å². The third-order valence-electron chi connectivity index (χ3n) is 9.47. The number of para-hydroxylation sites is 1. The van der Waals surface area contributed by atoms with Gasteiger partial charge in [-0.15, -0.1) is 0 Å². The summed E-state index contributed by atoms with van der Waals surface area (Å²) >= 11 is 0. The molecule has 10 heteroatoms. The quantitative estimate of drug-likeness (QED) is 0.464. The van der Waals surface area contributed by atoms with E-state index in [9.17, 15) is 14.4 Å². The summed E-state index contributed by atoms with van der Waals surface area (Å²) in [6.07, 6.45) is 7.26. The Morgan fingerprint density at radius 1 is 1.12 bits per heavy atom. The van der Waals surface area contributed by atoms with Crippen molar-refractivity contribution in [3.63, 3.8) is 0 Å². The summed E-state index contributed by atoms with van der Waals surface area (Å²) in [5.41, 5.74) is 4.88. The molecule has 2 saturated heterocycles. The smallest absolute Gasteiger partial charge is 0.318 e. The first-order valence-electron chi connectivity index (χ1n) is 15.3. The van der Waals surface area contributed by atoms with Crippen LogP contribution in [-0.4, -0.2) is 90.2 Å². The van der Waals surface area contributed by atoms with E-state index in [4.69, 9.17) is 14.7 Å². The zero-order chi connectivity index (χ0) is 29.2. The van der Waals surface area contributed by atoms with Crippen LogP contribution in [0.4, 0.5) is 15.9 Å². The van der Waals surface area contributed by atoms with E-state index in [0.29, 0.717) is 44.3 Å². The van der Waals surface area contributed by atoms with Crippen molar-refractivity contribution in [2.45, 2.75) is 69.5 Å². The lowest BCUT2D eigenvalue weighted by atomic mass is 9.88. The Balaban J connectivity index is 1.29. The summed E-state index contributed by atoms with van der Waals surface area (Å²) in [5, 5.41) is 9.49. The second kappa shape index (κ2) is 12.3. The zero-order valence-electron chi connectivity index (χ0n) is 24.5. The van der Waals surface area contributed by atoms with Crippen LogP contribution in [-0.2, 0) is 24.1 Å². The van der Waals surface area contributed by atoms with E-state index in [2.05, 4.69) is 58.7 Å². The third kappa shape index (κ3) is 5.67. The maximum Gasteiger partial charge on any atom is 0.318 e. The van der Waals surface area contributed by atoms with Gasteiger partial charge < -0.3 is 24.3 Å². The first-order chi connectivity index (χ1) is 20.4. The molecule has 9 nitrogen and oxygen atoms in total. The van der Waals surface area contributed by atoms with Crippen molar-refractivity contribution in [3.8, 4) is 12.1 Å². The number of nitrogens with zero attached hydrogens (tertiary/aromatic N) is 7. The lowest BCUT2D eigenvalue weighted by Gasteiger charge is -2.43. The number of likely N-dealkylation sites (tertiary alicyclic amines) is 1. The summed E-state index contributed by atoms with van der Waals surface area (Å²) in [6, 6.07) is 11.5. The van der Waals surface area contributed by atoms with E-state index in [1.807, 2.05) is 0 Å². The molecule has 0 bridgehead atoms. The summed E-state index contributed by atoms with van der Waals surface area (Å²) in [7, 11) is 2.13. The topological polar surface area (TPSA) is 88.8 Å². The molecule has 1 unspecified atom stereocenters. The molecule has 2 fully saturated rings. The van der Waals surface area contributed by atoms with Gasteiger partial charge in [-0.25, -0.2) is 4.39 Å². The molecule has 6 rings (SSSR count). The number of piperazine rings is 1. The molecule has 0 saturated carbocycles. The van der Waals surface area contributed by atoms with Gasteiger partial charge in [-0.05, 0) is 63.7 Å². The van der Waals surface area contributed by atoms with Crippen molar-refractivity contribution >= 4 is 17.4 Å². The Labute approximate surface area is 247 Å². The summed E-state index contributed by atoms with van der Waals surface area (Å²) in [6.45, 7) is 7.01. The number of ether oxygens (including phenoxy) is 1. The molecule has 42 heavy (non-hydrogen) atoms. The maximum absolute atomic E-state index is 13.8. The number of halogens is 1. The summed E-state index contributed by atoms with van der Waals surface area (Å²) in [4.78, 5) is 30.9. The number of amides is 1. The Morgan fingerprint density at radius 2 is 1.98 bits per heavy atom. The van der Waals surface area contributed by atoms with Crippen LogP contribution in [0.2, 0.25) is 0 Å². The zero-order valence-corrected chi connectivity index (χ0v) is 24.5. The van der Waals surface area contributed by atoms with Gasteiger partial charge in [0.05, 0.1) is 24.2 Å². The number of aryl methyl sites for hydroxylation is 1. The Hall–Kier alpha value is -3.71. The highest BCUT2D eigenvalue weighted by atomic mass is 19.1. The number of benzene rings is 1. The molecule has 4 heterocycles. The second-order valence-corrected chi connectivity index (χ2v) is 12.0. The van der Waals surface area contributed by atoms with Gasteiger partial charge in [0.25, 0.3) is 5.91 Å². The van der Waals surface area contributed by atoms with E-state index in [1.165, 1.54) is 16.2 Å². The molecule has 1 aromatic carbocycles. The van der Waals surface area contributed by atoms with Crippen molar-refractivity contribution in [1.29, 1.82) is 5.26 Å². The van der Waals surface area contributed by atoms with Crippen molar-refractivity contribution in [3.05, 3.63) is 53.5 Å². The highest BCUT2D eigenvalue weighted by molar-refractivity contribution is 5.91. The van der Waals surface area contributed by atoms with Gasteiger partial charge in [-0.3, -0.25) is 4.79 Å². The molecule has 0 radical (unpaired) electrons. The van der Waals surface area contributed by atoms with Gasteiger partial charge in [0.15, 0.2) is 5.83 Å². The first-order valence-corrected chi connectivity index (χ1v) is 15.3. The fraction of sp³-hybridized carbons (Fsp3) is 0.562. The van der Waals surface area contributed by atoms with Crippen LogP contribution in [0.1, 0.15) is 48.9 Å². The number of hydrogen-bond donors (Lipinski definition) is 0. The van der Waals surface area contributed by atoms with Crippen molar-refractivity contribution in [1.82, 2.24) is 19.8 Å². The molecule has 1 amide bonds. The van der Waals surface area contributed by atoms with Gasteiger partial charge in [0.1, 0.15) is 12.4 Å². The van der Waals surface area contributed by atoms with Crippen molar-refractivity contribution in [2.24, 2.45) is 0 Å². The third-order valence-corrected chi connectivity index (χ3v) is 9.47. The lowest BCUT2D eigenvalue weighted by molar-refractivity contribution is -0.131. The van der Waals surface area contributed by atoms with Crippen LogP contribution in [0, 0.1) is 11.3 Å². The molecule has 222 valence electrons. The fourth-order valence-electron chi connectivity index (χ4n) is 7.20. The summed E-state index contributed by atoms with van der Waals surface area (Å²) < 4.78 is 20.1. The number of rotatable bonds is 7. The van der Waals surface area contributed by atoms with E-state index in [1.54, 1.807) is 0 Å². The van der Waals surface area contributed by atoms with E-state index < -0.39 is 17.8 Å². The van der Waals surface area contributed by atoms with Crippen LogP contribution in [0.25, 0.3) is 0 Å². The second-order valence-electron chi connectivity index (χ2n) is 12.0. The number of nitriles is 1. The van der Waals surface area contributed by atoms with Gasteiger partial charge in [-0.1, -0.05) is 24.8 Å². The van der Waals surface area contributed by atoms with Crippen molar-refractivity contribution < 1.29 is 13.9 Å². The standard InChI is InChI=1S/C32H40FN7O2/c1-22(33)31(41)40-18-17-38(20-25(40)13-14-34)30-27-12-11-24(39-16-5-8-23-7-3-4-10-29(23)39)19-28(27)35-32(36-30)42-21-26-9-6-15-37(26)2/h3-4,7,10,24-26H,1,5-6,8-9,11-13,15-21H2,2H3/t24?,25-,26-/m0/s1. The fourth-order valence-corrected chi connectivity index (χ4v) is 7.20. The molecule has 3 atom stereocenters. The minimum atomic E-state index is -0.997. The van der Waals surface area contributed by atoms with Crippen LogP contribution < -0.4 is 14.5 Å². The van der Waals surface area contributed by atoms with Gasteiger partial charge >= 0.3 is 6.01 Å². The normalized spacial score (nSPS) is 24.1. The Bertz CT molecular complexity index is 1380. The molecule has 4 aliphatic rings. The minimum Gasteiger partial charge on any atom is -0.462 e. The Kier molecular flexibility index (Phi) is 8.29. The van der Waals surface area contributed by atoms with Crippen LogP contribution in [0.3, 0.4) is 0 Å². The van der Waals surface area contributed by atoms with Gasteiger partial charge in [0, 0.05) is 55.9 Å². The molecule has 0 spiro atoms. The largest absolute Gasteiger partial charge is 0.462 e. The van der Waals surface area contributed by atoms with Gasteiger partial charge in [-0.2, -0.15) is 15.2 Å². The summed E-state index contributed by atoms with van der Waals surface area (Å²) in [5.74, 6) is -0.918. The average molecular weight is 574 g/mol. The molecular weight excluding hydrogens is 533 g/mol. The average Bonchev–Trinajstić information content (AvgIpc) is 3.43. The molecule has 1 aliphatic carbocycles. The molecule has 0 N–H and O–H groups in total. The number of anilines is 2. The number of hydrogen-bond acceptors (Lipinski definition) is 8. The minimum absolute atomic E-state index is 0.108. The lowest BCUT2D eigenvalue weighted by Crippen LogP contribution is -2.55. The maximum atomic E-state index is 13.8. The number of carbonyl (C=O) groups excluding carboxylic acids is 1. The number of fused-ring (bicyclic) bond motifs is 2. The van der Waals surface area contributed by atoms with Crippen LogP contribution in [0.15, 0.2) is 36.7 Å². The molecule has 2 aromatic rings. The van der Waals surface area contributed by atoms with E-state index in [0.717, 1.165) is 75.1 Å².